The van der Waals surface area contributed by atoms with Gasteiger partial charge < -0.3 is 14.5 Å². The molecule has 19 heavy (non-hydrogen) atoms. The summed E-state index contributed by atoms with van der Waals surface area (Å²) in [5.74, 6) is 0.380. The average molecular weight is 259 g/mol. The first-order valence-electron chi connectivity index (χ1n) is 6.04. The van der Waals surface area contributed by atoms with Crippen LogP contribution in [0.4, 0.5) is 0 Å². The molecule has 0 saturated heterocycles. The second kappa shape index (κ2) is 4.74. The molecule has 1 aromatic carbocycles. The maximum Gasteiger partial charge on any atom is 0.417 e. The number of hydrogen-bond acceptors (Lipinski definition) is 4. The van der Waals surface area contributed by atoms with Crippen LogP contribution in [-0.2, 0) is 6.42 Å². The Morgan fingerprint density at radius 1 is 1.32 bits per heavy atom. The van der Waals surface area contributed by atoms with E-state index in [1.807, 2.05) is 12.1 Å². The lowest BCUT2D eigenvalue weighted by Gasteiger charge is -1.97. The first-order valence-corrected chi connectivity index (χ1v) is 6.04. The van der Waals surface area contributed by atoms with Crippen molar-refractivity contribution in [3.63, 3.8) is 0 Å². The van der Waals surface area contributed by atoms with Gasteiger partial charge in [0.15, 0.2) is 5.58 Å². The van der Waals surface area contributed by atoms with Gasteiger partial charge in [-0.25, -0.2) is 9.78 Å². The molecule has 0 radical (unpaired) electrons. The molecule has 3 N–H and O–H groups in total. The summed E-state index contributed by atoms with van der Waals surface area (Å²) < 4.78 is 4.95. The molecule has 0 amide bonds. The second-order valence-corrected chi connectivity index (χ2v) is 4.30. The number of aromatic nitrogens is 3. The van der Waals surface area contributed by atoms with Crippen LogP contribution < -0.4 is 5.76 Å². The molecule has 0 aliphatic rings. The maximum absolute atomic E-state index is 11.1. The molecule has 2 heterocycles. The summed E-state index contributed by atoms with van der Waals surface area (Å²) in [6.07, 6.45) is 3.13. The SMILES string of the molecule is O=c1[nH]c2cc(-c3cnc(CCCO)[nH]3)ccc2o1. The van der Waals surface area contributed by atoms with Gasteiger partial charge in [-0.2, -0.15) is 0 Å². The van der Waals surface area contributed by atoms with Crippen LogP contribution in [0.5, 0.6) is 0 Å². The summed E-state index contributed by atoms with van der Waals surface area (Å²) in [5, 5.41) is 8.79. The number of rotatable bonds is 4. The fourth-order valence-electron chi connectivity index (χ4n) is 2.00. The van der Waals surface area contributed by atoms with Crippen LogP contribution in [0.2, 0.25) is 0 Å². The zero-order valence-corrected chi connectivity index (χ0v) is 10.1. The first kappa shape index (κ1) is 11.7. The van der Waals surface area contributed by atoms with Crippen LogP contribution in [0, 0.1) is 0 Å². The standard InChI is InChI=1S/C13H13N3O3/c17-5-1-2-12-14-7-10(15-12)8-3-4-11-9(6-8)16-13(18)19-11/h3-4,6-7,17H,1-2,5H2,(H,14,15)(H,16,18). The van der Waals surface area contributed by atoms with Crippen LogP contribution in [-0.4, -0.2) is 26.7 Å². The third-order valence-electron chi connectivity index (χ3n) is 2.93. The van der Waals surface area contributed by atoms with Crippen LogP contribution in [0.15, 0.2) is 33.6 Å². The lowest BCUT2D eigenvalue weighted by molar-refractivity contribution is 0.287. The molecule has 0 bridgehead atoms. The monoisotopic (exact) mass is 259 g/mol. The molecule has 6 nitrogen and oxygen atoms in total. The van der Waals surface area contributed by atoms with E-state index < -0.39 is 5.76 Å². The summed E-state index contributed by atoms with van der Waals surface area (Å²) in [6, 6.07) is 5.45. The highest BCUT2D eigenvalue weighted by molar-refractivity contribution is 5.78. The van der Waals surface area contributed by atoms with Gasteiger partial charge in [0.1, 0.15) is 5.82 Å². The van der Waals surface area contributed by atoms with Gasteiger partial charge >= 0.3 is 5.76 Å². The number of aryl methyl sites for hydroxylation is 1. The van der Waals surface area contributed by atoms with Crippen molar-refractivity contribution in [3.05, 3.63) is 40.8 Å². The third kappa shape index (κ3) is 2.30. The number of imidazole rings is 1. The Hall–Kier alpha value is -2.34. The lowest BCUT2D eigenvalue weighted by Crippen LogP contribution is -1.93. The van der Waals surface area contributed by atoms with Crippen molar-refractivity contribution in [1.82, 2.24) is 15.0 Å². The van der Waals surface area contributed by atoms with Gasteiger partial charge in [-0.15, -0.1) is 0 Å². The van der Waals surface area contributed by atoms with E-state index >= 15 is 0 Å². The Morgan fingerprint density at radius 2 is 2.21 bits per heavy atom. The van der Waals surface area contributed by atoms with Crippen molar-refractivity contribution in [3.8, 4) is 11.3 Å². The van der Waals surface area contributed by atoms with E-state index in [1.54, 1.807) is 12.3 Å². The number of oxazole rings is 1. The average Bonchev–Trinajstić information content (AvgIpc) is 3.00. The summed E-state index contributed by atoms with van der Waals surface area (Å²) in [7, 11) is 0. The first-order chi connectivity index (χ1) is 9.26. The molecule has 6 heteroatoms. The Bertz CT molecular complexity index is 754. The van der Waals surface area contributed by atoms with E-state index in [0.717, 1.165) is 17.1 Å². The van der Waals surface area contributed by atoms with Gasteiger partial charge in [0.2, 0.25) is 0 Å². The minimum atomic E-state index is -0.458. The van der Waals surface area contributed by atoms with E-state index in [9.17, 15) is 4.79 Å². The fourth-order valence-corrected chi connectivity index (χ4v) is 2.00. The largest absolute Gasteiger partial charge is 0.417 e. The lowest BCUT2D eigenvalue weighted by atomic mass is 10.1. The van der Waals surface area contributed by atoms with Crippen molar-refractivity contribution in [1.29, 1.82) is 0 Å². The van der Waals surface area contributed by atoms with E-state index in [4.69, 9.17) is 9.52 Å². The smallest absolute Gasteiger partial charge is 0.408 e. The molecule has 2 aromatic heterocycles. The summed E-state index contributed by atoms with van der Waals surface area (Å²) >= 11 is 0. The highest BCUT2D eigenvalue weighted by atomic mass is 16.4. The molecule has 0 atom stereocenters. The van der Waals surface area contributed by atoms with Crippen LogP contribution in [0.1, 0.15) is 12.2 Å². The molecule has 0 aliphatic heterocycles. The Kier molecular flexibility index (Phi) is 2.92. The summed E-state index contributed by atoms with van der Waals surface area (Å²) in [4.78, 5) is 21.2. The molecule has 3 rings (SSSR count). The van der Waals surface area contributed by atoms with Gasteiger partial charge in [-0.1, -0.05) is 0 Å². The number of nitrogens with one attached hydrogen (secondary N) is 2. The number of aliphatic hydroxyl groups is 1. The van der Waals surface area contributed by atoms with Gasteiger partial charge in [0.25, 0.3) is 0 Å². The maximum atomic E-state index is 11.1. The van der Waals surface area contributed by atoms with Crippen LogP contribution in [0.3, 0.4) is 0 Å². The van der Waals surface area contributed by atoms with E-state index in [2.05, 4.69) is 15.0 Å². The number of hydrogen-bond donors (Lipinski definition) is 3. The van der Waals surface area contributed by atoms with Crippen LogP contribution >= 0.6 is 0 Å². The molecule has 98 valence electrons. The highest BCUT2D eigenvalue weighted by Crippen LogP contribution is 2.21. The number of benzene rings is 1. The zero-order chi connectivity index (χ0) is 13.2. The van der Waals surface area contributed by atoms with Gasteiger partial charge in [0, 0.05) is 18.6 Å². The molecule has 0 fully saturated rings. The molecule has 0 saturated carbocycles. The number of nitrogens with zero attached hydrogens (tertiary/aromatic N) is 1. The minimum absolute atomic E-state index is 0.151. The van der Waals surface area contributed by atoms with Gasteiger partial charge in [0.05, 0.1) is 17.4 Å². The zero-order valence-electron chi connectivity index (χ0n) is 10.1. The highest BCUT2D eigenvalue weighted by Gasteiger charge is 2.06. The quantitative estimate of drug-likeness (QED) is 0.660. The normalized spacial score (nSPS) is 11.2. The van der Waals surface area contributed by atoms with Crippen LogP contribution in [0.25, 0.3) is 22.4 Å². The van der Waals surface area contributed by atoms with Crippen molar-refractivity contribution in [2.75, 3.05) is 6.61 Å². The van der Waals surface area contributed by atoms with Crippen molar-refractivity contribution >= 4 is 11.1 Å². The number of fused-ring (bicyclic) bond motifs is 1. The predicted octanol–water partition coefficient (Wildman–Crippen LogP) is 1.44. The summed E-state index contributed by atoms with van der Waals surface area (Å²) in [5.41, 5.74) is 2.99. The van der Waals surface area contributed by atoms with Crippen molar-refractivity contribution in [2.24, 2.45) is 0 Å². The Balaban J connectivity index is 1.94. The minimum Gasteiger partial charge on any atom is -0.408 e. The molecule has 0 aliphatic carbocycles. The predicted molar refractivity (Wildman–Crippen MR) is 69.8 cm³/mol. The molecule has 3 aromatic rings. The van der Waals surface area contributed by atoms with Crippen molar-refractivity contribution in [2.45, 2.75) is 12.8 Å². The Morgan fingerprint density at radius 3 is 3.05 bits per heavy atom. The fraction of sp³-hybridized carbons (Fsp3) is 0.231. The number of H-pyrrole nitrogens is 2. The van der Waals surface area contributed by atoms with E-state index in [0.29, 0.717) is 23.9 Å². The summed E-state index contributed by atoms with van der Waals surface area (Å²) in [6.45, 7) is 0.151. The number of aromatic amines is 2. The second-order valence-electron chi connectivity index (χ2n) is 4.30. The number of aliphatic hydroxyl groups excluding tert-OH is 1. The Labute approximate surface area is 108 Å². The van der Waals surface area contributed by atoms with E-state index in [-0.39, 0.29) is 6.61 Å². The molecular weight excluding hydrogens is 246 g/mol. The topological polar surface area (TPSA) is 94.9 Å². The third-order valence-corrected chi connectivity index (χ3v) is 2.93. The molecule has 0 spiro atoms. The van der Waals surface area contributed by atoms with E-state index in [1.165, 1.54) is 0 Å². The molecule has 0 unspecified atom stereocenters. The van der Waals surface area contributed by atoms with Gasteiger partial charge in [-0.05, 0) is 24.6 Å². The molecular formula is C13H13N3O3. The van der Waals surface area contributed by atoms with Gasteiger partial charge in [-0.3, -0.25) is 4.98 Å². The van der Waals surface area contributed by atoms with Crippen molar-refractivity contribution < 1.29 is 9.52 Å².